The Morgan fingerprint density at radius 1 is 1.09 bits per heavy atom. The lowest BCUT2D eigenvalue weighted by Gasteiger charge is -2.14. The molecule has 0 saturated heterocycles. The third-order valence-electron chi connectivity index (χ3n) is 3.54. The molecule has 1 unspecified atom stereocenters. The Bertz CT molecular complexity index is 613. The molecular weight excluding hydrogens is 290 g/mol. The summed E-state index contributed by atoms with van der Waals surface area (Å²) in [5.74, 6) is -0.402. The minimum Gasteiger partial charge on any atom is -0.378 e. The third kappa shape index (κ3) is 5.20. The highest BCUT2D eigenvalue weighted by Gasteiger charge is 2.16. The van der Waals surface area contributed by atoms with E-state index in [9.17, 15) is 9.90 Å². The maximum Gasteiger partial charge on any atom is 0.253 e. The van der Waals surface area contributed by atoms with Crippen LogP contribution in [0.25, 0.3) is 0 Å². The number of aliphatic hydroxyl groups excluding tert-OH is 1. The lowest BCUT2D eigenvalue weighted by atomic mass is 10.1. The predicted octanol–water partition coefficient (Wildman–Crippen LogP) is 2.96. The molecule has 23 heavy (non-hydrogen) atoms. The lowest BCUT2D eigenvalue weighted by molar-refractivity contribution is -0.129. The molecule has 4 heteroatoms. The Balaban J connectivity index is 1.94. The Morgan fingerprint density at radius 3 is 2.43 bits per heavy atom. The van der Waals surface area contributed by atoms with Gasteiger partial charge < -0.3 is 15.2 Å². The van der Waals surface area contributed by atoms with Crippen molar-refractivity contribution >= 4 is 5.91 Å². The zero-order chi connectivity index (χ0) is 16.5. The fourth-order valence-electron chi connectivity index (χ4n) is 2.26. The average molecular weight is 313 g/mol. The molecule has 1 amide bonds. The van der Waals surface area contributed by atoms with Gasteiger partial charge in [-0.25, -0.2) is 0 Å². The van der Waals surface area contributed by atoms with Crippen molar-refractivity contribution in [3.8, 4) is 0 Å². The van der Waals surface area contributed by atoms with Crippen LogP contribution in [0.5, 0.6) is 0 Å². The number of ether oxygens (including phenoxy) is 1. The van der Waals surface area contributed by atoms with Crippen molar-refractivity contribution in [2.75, 3.05) is 6.61 Å². The van der Waals surface area contributed by atoms with Crippen molar-refractivity contribution in [1.82, 2.24) is 5.32 Å². The number of amides is 1. The average Bonchev–Trinajstić information content (AvgIpc) is 2.61. The second-order valence-electron chi connectivity index (χ2n) is 5.35. The molecule has 0 aliphatic rings. The van der Waals surface area contributed by atoms with Crippen LogP contribution >= 0.6 is 0 Å². The lowest BCUT2D eigenvalue weighted by Crippen LogP contribution is -2.29. The summed E-state index contributed by atoms with van der Waals surface area (Å²) in [4.78, 5) is 12.1. The van der Waals surface area contributed by atoms with E-state index in [2.05, 4.69) is 12.2 Å². The molecule has 0 bridgehead atoms. The first-order valence-corrected chi connectivity index (χ1v) is 7.87. The van der Waals surface area contributed by atoms with E-state index in [1.54, 1.807) is 24.3 Å². The summed E-state index contributed by atoms with van der Waals surface area (Å²) < 4.78 is 5.57. The van der Waals surface area contributed by atoms with Crippen molar-refractivity contribution < 1.29 is 14.6 Å². The number of rotatable bonds is 8. The molecule has 0 aromatic heterocycles. The topological polar surface area (TPSA) is 58.6 Å². The van der Waals surface area contributed by atoms with Crippen LogP contribution in [0.15, 0.2) is 54.6 Å². The largest absolute Gasteiger partial charge is 0.378 e. The van der Waals surface area contributed by atoms with Gasteiger partial charge in [-0.3, -0.25) is 4.79 Å². The van der Waals surface area contributed by atoms with Crippen molar-refractivity contribution in [2.45, 2.75) is 32.6 Å². The number of nitrogens with one attached hydrogen (secondary N) is 1. The first-order chi connectivity index (χ1) is 11.2. The Labute approximate surface area is 137 Å². The molecule has 0 aliphatic heterocycles. The fraction of sp³-hybridized carbons (Fsp3) is 0.316. The Morgan fingerprint density at radius 2 is 1.74 bits per heavy atom. The van der Waals surface area contributed by atoms with Gasteiger partial charge in [0.05, 0.1) is 6.61 Å². The number of benzene rings is 2. The summed E-state index contributed by atoms with van der Waals surface area (Å²) in [6.07, 6.45) is -0.179. The van der Waals surface area contributed by atoms with Crippen LogP contribution in [0.4, 0.5) is 0 Å². The summed E-state index contributed by atoms with van der Waals surface area (Å²) in [5, 5.41) is 12.9. The van der Waals surface area contributed by atoms with Gasteiger partial charge in [-0.2, -0.15) is 0 Å². The van der Waals surface area contributed by atoms with Crippen molar-refractivity contribution in [2.24, 2.45) is 0 Å². The molecule has 0 aliphatic carbocycles. The molecular formula is C19H23NO3. The van der Waals surface area contributed by atoms with E-state index in [0.717, 1.165) is 17.5 Å². The Kier molecular flexibility index (Phi) is 6.78. The minimum absolute atomic E-state index is 0.369. The van der Waals surface area contributed by atoms with Crippen LogP contribution in [0.2, 0.25) is 0 Å². The van der Waals surface area contributed by atoms with Crippen LogP contribution in [0.3, 0.4) is 0 Å². The van der Waals surface area contributed by atoms with Crippen LogP contribution < -0.4 is 5.32 Å². The molecule has 2 aromatic carbocycles. The molecule has 0 radical (unpaired) electrons. The van der Waals surface area contributed by atoms with Gasteiger partial charge in [0.15, 0.2) is 6.10 Å². The van der Waals surface area contributed by atoms with E-state index in [0.29, 0.717) is 25.3 Å². The summed E-state index contributed by atoms with van der Waals surface area (Å²) in [6.45, 7) is 3.68. The maximum absolute atomic E-state index is 12.1. The summed E-state index contributed by atoms with van der Waals surface area (Å²) >= 11 is 0. The van der Waals surface area contributed by atoms with Gasteiger partial charge in [-0.1, -0.05) is 61.5 Å². The SMILES string of the molecule is CCCOCc1ccccc1CNC(=O)C(O)c1ccccc1. The van der Waals surface area contributed by atoms with Gasteiger partial charge in [0.2, 0.25) is 0 Å². The minimum atomic E-state index is -1.15. The van der Waals surface area contributed by atoms with Gasteiger partial charge in [0, 0.05) is 13.2 Å². The van der Waals surface area contributed by atoms with Gasteiger partial charge in [-0.05, 0) is 23.1 Å². The normalized spacial score (nSPS) is 11.9. The van der Waals surface area contributed by atoms with E-state index < -0.39 is 12.0 Å². The van der Waals surface area contributed by atoms with E-state index in [1.165, 1.54) is 0 Å². The Hall–Kier alpha value is -2.17. The van der Waals surface area contributed by atoms with E-state index in [-0.39, 0.29) is 0 Å². The molecule has 2 rings (SSSR count). The standard InChI is InChI=1S/C19H23NO3/c1-2-12-23-14-17-11-7-6-10-16(17)13-20-19(22)18(21)15-8-4-3-5-9-15/h3-11,18,21H,2,12-14H2,1H3,(H,20,22). The monoisotopic (exact) mass is 313 g/mol. The van der Waals surface area contributed by atoms with Crippen molar-refractivity contribution in [3.63, 3.8) is 0 Å². The second-order valence-corrected chi connectivity index (χ2v) is 5.35. The predicted molar refractivity (Wildman–Crippen MR) is 89.6 cm³/mol. The molecule has 0 fully saturated rings. The zero-order valence-electron chi connectivity index (χ0n) is 13.4. The zero-order valence-corrected chi connectivity index (χ0v) is 13.4. The highest BCUT2D eigenvalue weighted by atomic mass is 16.5. The maximum atomic E-state index is 12.1. The highest BCUT2D eigenvalue weighted by Crippen LogP contribution is 2.14. The first kappa shape index (κ1) is 17.2. The smallest absolute Gasteiger partial charge is 0.253 e. The number of hydrogen-bond donors (Lipinski definition) is 2. The van der Waals surface area contributed by atoms with Crippen molar-refractivity contribution in [3.05, 3.63) is 71.3 Å². The quantitative estimate of drug-likeness (QED) is 0.737. The summed E-state index contributed by atoms with van der Waals surface area (Å²) in [5.41, 5.74) is 2.64. The van der Waals surface area contributed by atoms with Gasteiger partial charge in [0.1, 0.15) is 0 Å². The number of aliphatic hydroxyl groups is 1. The fourth-order valence-corrected chi connectivity index (χ4v) is 2.26. The molecule has 2 aromatic rings. The highest BCUT2D eigenvalue weighted by molar-refractivity contribution is 5.81. The first-order valence-electron chi connectivity index (χ1n) is 7.87. The number of hydrogen-bond acceptors (Lipinski definition) is 3. The molecule has 0 spiro atoms. The molecule has 2 N–H and O–H groups in total. The third-order valence-corrected chi connectivity index (χ3v) is 3.54. The van der Waals surface area contributed by atoms with Crippen LogP contribution in [-0.4, -0.2) is 17.6 Å². The molecule has 1 atom stereocenters. The van der Waals surface area contributed by atoms with Crippen LogP contribution in [-0.2, 0) is 22.7 Å². The van der Waals surface area contributed by atoms with Crippen molar-refractivity contribution in [1.29, 1.82) is 0 Å². The summed E-state index contributed by atoms with van der Waals surface area (Å²) in [7, 11) is 0. The van der Waals surface area contributed by atoms with Crippen LogP contribution in [0, 0.1) is 0 Å². The summed E-state index contributed by atoms with van der Waals surface area (Å²) in [6, 6.07) is 16.7. The van der Waals surface area contributed by atoms with Gasteiger partial charge in [0.25, 0.3) is 5.91 Å². The second kappa shape index (κ2) is 9.08. The van der Waals surface area contributed by atoms with Crippen LogP contribution in [0.1, 0.15) is 36.1 Å². The van der Waals surface area contributed by atoms with E-state index in [4.69, 9.17) is 4.74 Å². The van der Waals surface area contributed by atoms with E-state index in [1.807, 2.05) is 30.3 Å². The molecule has 0 saturated carbocycles. The number of carbonyl (C=O) groups is 1. The molecule has 4 nitrogen and oxygen atoms in total. The number of carbonyl (C=O) groups excluding carboxylic acids is 1. The molecule has 122 valence electrons. The molecule has 0 heterocycles. The van der Waals surface area contributed by atoms with E-state index >= 15 is 0 Å². The van der Waals surface area contributed by atoms with Gasteiger partial charge >= 0.3 is 0 Å². The van der Waals surface area contributed by atoms with Gasteiger partial charge in [-0.15, -0.1) is 0 Å².